The number of nitrogens with two attached hydrogens (primary N) is 1. The minimum absolute atomic E-state index is 0.141. The second kappa shape index (κ2) is 7.26. The number of benzene rings is 1. The Bertz CT molecular complexity index is 557. The molecule has 0 fully saturated rings. The van der Waals surface area contributed by atoms with Crippen LogP contribution in [0.25, 0.3) is 0 Å². The molecule has 3 N–H and O–H groups in total. The maximum atomic E-state index is 12.3. The molecule has 0 amide bonds. The fourth-order valence-electron chi connectivity index (χ4n) is 1.91. The van der Waals surface area contributed by atoms with Crippen LogP contribution in [0.4, 0.5) is 5.69 Å². The Morgan fingerprint density at radius 3 is 2.45 bits per heavy atom. The van der Waals surface area contributed by atoms with Gasteiger partial charge in [0, 0.05) is 23.8 Å². The Balaban J connectivity index is 2.85. The van der Waals surface area contributed by atoms with Crippen molar-refractivity contribution in [1.29, 1.82) is 0 Å². The van der Waals surface area contributed by atoms with Gasteiger partial charge in [-0.2, -0.15) is 0 Å². The summed E-state index contributed by atoms with van der Waals surface area (Å²) in [4.78, 5) is 2.28. The van der Waals surface area contributed by atoms with Crippen molar-refractivity contribution in [2.75, 3.05) is 31.9 Å². The molecule has 0 aromatic heterocycles. The molecule has 7 heteroatoms. The third kappa shape index (κ3) is 4.34. The van der Waals surface area contributed by atoms with Crippen molar-refractivity contribution in [2.24, 2.45) is 0 Å². The first-order valence-electron chi connectivity index (χ1n) is 6.59. The van der Waals surface area contributed by atoms with Crippen LogP contribution in [0.1, 0.15) is 19.4 Å². The smallest absolute Gasteiger partial charge is 0.241 e. The molecule has 0 bridgehead atoms. The number of nitrogens with zero attached hydrogens (tertiary/aromatic N) is 1. The molecule has 0 aliphatic carbocycles. The second-order valence-electron chi connectivity index (χ2n) is 4.54. The van der Waals surface area contributed by atoms with Gasteiger partial charge in [0.05, 0.1) is 4.90 Å². The predicted molar refractivity (Wildman–Crippen MR) is 83.6 cm³/mol. The van der Waals surface area contributed by atoms with Crippen molar-refractivity contribution >= 4 is 27.3 Å². The topological polar surface area (TPSA) is 75.4 Å². The van der Waals surface area contributed by atoms with Crippen LogP contribution < -0.4 is 10.5 Å². The van der Waals surface area contributed by atoms with Gasteiger partial charge in [0.1, 0.15) is 0 Å². The maximum Gasteiger partial charge on any atom is 0.241 e. The number of likely N-dealkylation sites (N-methyl/N-ethyl adjacent to an activating group) is 1. The summed E-state index contributed by atoms with van der Waals surface area (Å²) in [6.45, 7) is 8.56. The molecule has 0 aliphatic heterocycles. The van der Waals surface area contributed by atoms with E-state index < -0.39 is 10.0 Å². The highest BCUT2D eigenvalue weighted by Gasteiger charge is 2.18. The van der Waals surface area contributed by atoms with Crippen LogP contribution in [0.15, 0.2) is 17.0 Å². The lowest BCUT2D eigenvalue weighted by Crippen LogP contribution is -2.35. The second-order valence-corrected chi connectivity index (χ2v) is 6.71. The number of anilines is 1. The number of halogens is 1. The molecule has 0 unspecified atom stereocenters. The largest absolute Gasteiger partial charge is 0.398 e. The van der Waals surface area contributed by atoms with Gasteiger partial charge >= 0.3 is 0 Å². The average molecular weight is 320 g/mol. The van der Waals surface area contributed by atoms with E-state index in [-0.39, 0.29) is 4.90 Å². The molecule has 1 aromatic carbocycles. The molecular formula is C13H22ClN3O2S. The fourth-order valence-corrected chi connectivity index (χ4v) is 3.52. The molecule has 0 heterocycles. The molecule has 114 valence electrons. The van der Waals surface area contributed by atoms with Crippen molar-refractivity contribution in [3.05, 3.63) is 22.7 Å². The molecule has 0 aliphatic rings. The maximum absolute atomic E-state index is 12.3. The van der Waals surface area contributed by atoms with Gasteiger partial charge in [-0.3, -0.25) is 0 Å². The van der Waals surface area contributed by atoms with E-state index in [1.54, 1.807) is 13.0 Å². The molecule has 1 rings (SSSR count). The lowest BCUT2D eigenvalue weighted by molar-refractivity contribution is 0.309. The summed E-state index contributed by atoms with van der Waals surface area (Å²) in [5.74, 6) is 0. The third-order valence-electron chi connectivity index (χ3n) is 3.27. The number of hydrogen-bond donors (Lipinski definition) is 2. The zero-order valence-electron chi connectivity index (χ0n) is 12.1. The standard InChI is InChI=1S/C13H22ClN3O2S/c1-4-17(5-2)7-6-16-20(18,19)13-9-11(14)8-12(15)10(13)3/h8-9,16H,4-7,15H2,1-3H3. The number of nitrogen functional groups attached to an aromatic ring is 1. The van der Waals surface area contributed by atoms with Gasteiger partial charge < -0.3 is 10.6 Å². The van der Waals surface area contributed by atoms with Crippen LogP contribution >= 0.6 is 11.6 Å². The number of rotatable bonds is 7. The monoisotopic (exact) mass is 319 g/mol. The van der Waals surface area contributed by atoms with Gasteiger partial charge in [-0.25, -0.2) is 13.1 Å². The Labute approximate surface area is 126 Å². The van der Waals surface area contributed by atoms with Gasteiger partial charge in [-0.1, -0.05) is 25.4 Å². The fraction of sp³-hybridized carbons (Fsp3) is 0.538. The molecule has 5 nitrogen and oxygen atoms in total. The molecular weight excluding hydrogens is 298 g/mol. The third-order valence-corrected chi connectivity index (χ3v) is 5.07. The van der Waals surface area contributed by atoms with Gasteiger partial charge in [-0.05, 0) is 37.7 Å². The lowest BCUT2D eigenvalue weighted by atomic mass is 10.2. The van der Waals surface area contributed by atoms with Crippen molar-refractivity contribution in [1.82, 2.24) is 9.62 Å². The summed E-state index contributed by atoms with van der Waals surface area (Å²) >= 11 is 5.88. The quantitative estimate of drug-likeness (QED) is 0.752. The number of sulfonamides is 1. The van der Waals surface area contributed by atoms with Crippen LogP contribution in [0.3, 0.4) is 0 Å². The molecule has 1 aromatic rings. The number of hydrogen-bond acceptors (Lipinski definition) is 4. The summed E-state index contributed by atoms with van der Waals surface area (Å²) in [6, 6.07) is 2.97. The highest BCUT2D eigenvalue weighted by molar-refractivity contribution is 7.89. The van der Waals surface area contributed by atoms with E-state index >= 15 is 0 Å². The van der Waals surface area contributed by atoms with E-state index in [1.165, 1.54) is 6.07 Å². The van der Waals surface area contributed by atoms with E-state index in [2.05, 4.69) is 9.62 Å². The van der Waals surface area contributed by atoms with Gasteiger partial charge in [0.2, 0.25) is 10.0 Å². The molecule has 0 saturated carbocycles. The zero-order valence-corrected chi connectivity index (χ0v) is 13.7. The van der Waals surface area contributed by atoms with Crippen LogP contribution in [-0.4, -0.2) is 39.5 Å². The van der Waals surface area contributed by atoms with E-state index in [0.717, 1.165) is 13.1 Å². The van der Waals surface area contributed by atoms with Crippen LogP contribution in [0.2, 0.25) is 5.02 Å². The van der Waals surface area contributed by atoms with Crippen LogP contribution in [0.5, 0.6) is 0 Å². The average Bonchev–Trinajstić information content (AvgIpc) is 2.38. The van der Waals surface area contributed by atoms with Crippen LogP contribution in [-0.2, 0) is 10.0 Å². The Morgan fingerprint density at radius 1 is 1.30 bits per heavy atom. The Kier molecular flexibility index (Phi) is 6.26. The molecule has 0 radical (unpaired) electrons. The first kappa shape index (κ1) is 17.2. The van der Waals surface area contributed by atoms with Gasteiger partial charge in [-0.15, -0.1) is 0 Å². The van der Waals surface area contributed by atoms with Crippen LogP contribution in [0, 0.1) is 6.92 Å². The van der Waals surface area contributed by atoms with Crippen molar-refractivity contribution in [3.63, 3.8) is 0 Å². The molecule has 20 heavy (non-hydrogen) atoms. The summed E-state index contributed by atoms with van der Waals surface area (Å²) in [5, 5.41) is 0.317. The lowest BCUT2D eigenvalue weighted by Gasteiger charge is -2.18. The summed E-state index contributed by atoms with van der Waals surface area (Å²) in [7, 11) is -3.59. The predicted octanol–water partition coefficient (Wildman–Crippen LogP) is 1.85. The first-order chi connectivity index (χ1) is 9.31. The molecule has 0 saturated heterocycles. The summed E-state index contributed by atoms with van der Waals surface area (Å²) in [5.41, 5.74) is 6.65. The Morgan fingerprint density at radius 2 is 1.90 bits per heavy atom. The van der Waals surface area contributed by atoms with E-state index in [0.29, 0.717) is 29.4 Å². The van der Waals surface area contributed by atoms with Crippen molar-refractivity contribution in [3.8, 4) is 0 Å². The summed E-state index contributed by atoms with van der Waals surface area (Å²) < 4.78 is 27.1. The highest BCUT2D eigenvalue weighted by atomic mass is 35.5. The van der Waals surface area contributed by atoms with E-state index in [9.17, 15) is 8.42 Å². The number of nitrogens with one attached hydrogen (secondary N) is 1. The minimum atomic E-state index is -3.59. The zero-order chi connectivity index (χ0) is 15.3. The van der Waals surface area contributed by atoms with Crippen molar-refractivity contribution < 1.29 is 8.42 Å². The first-order valence-corrected chi connectivity index (χ1v) is 8.45. The molecule has 0 spiro atoms. The summed E-state index contributed by atoms with van der Waals surface area (Å²) in [6.07, 6.45) is 0. The molecule has 0 atom stereocenters. The Hall–Kier alpha value is -0.820. The van der Waals surface area contributed by atoms with Gasteiger partial charge in [0.25, 0.3) is 0 Å². The van der Waals surface area contributed by atoms with Crippen molar-refractivity contribution in [2.45, 2.75) is 25.7 Å². The SMILES string of the molecule is CCN(CC)CCNS(=O)(=O)c1cc(Cl)cc(N)c1C. The minimum Gasteiger partial charge on any atom is -0.398 e. The van der Waals surface area contributed by atoms with E-state index in [4.69, 9.17) is 17.3 Å². The highest BCUT2D eigenvalue weighted by Crippen LogP contribution is 2.25. The normalized spacial score (nSPS) is 12.1. The van der Waals surface area contributed by atoms with Gasteiger partial charge in [0.15, 0.2) is 0 Å². The van der Waals surface area contributed by atoms with E-state index in [1.807, 2.05) is 13.8 Å².